The molecule has 3 aromatic heterocycles. The van der Waals surface area contributed by atoms with Crippen LogP contribution in [0.25, 0.3) is 38.8 Å². The van der Waals surface area contributed by atoms with Crippen LogP contribution >= 0.6 is 0 Å². The monoisotopic (exact) mass is 360 g/mol. The lowest BCUT2D eigenvalue weighted by molar-refractivity contribution is 1.09. The van der Waals surface area contributed by atoms with E-state index in [-0.39, 0.29) is 0 Å². The standard InChI is InChI=1S/C24H16N4/c1-4-16-7-10-20-22(23(16)27-13-1)21(11-14-26-20)28-15-3-5-17-8-9-19-18(24(17)28)6-2-12-25-19/h1-14H,15H2. The Morgan fingerprint density at radius 1 is 0.750 bits per heavy atom. The van der Waals surface area contributed by atoms with Gasteiger partial charge in [-0.3, -0.25) is 15.0 Å². The van der Waals surface area contributed by atoms with E-state index in [1.165, 1.54) is 11.3 Å². The lowest BCUT2D eigenvalue weighted by atomic mass is 10.0. The highest BCUT2D eigenvalue weighted by Crippen LogP contribution is 2.41. The summed E-state index contributed by atoms with van der Waals surface area (Å²) in [5.74, 6) is 0. The quantitative estimate of drug-likeness (QED) is 0.370. The molecule has 0 radical (unpaired) electrons. The highest BCUT2D eigenvalue weighted by atomic mass is 15.1. The van der Waals surface area contributed by atoms with Gasteiger partial charge in [0.05, 0.1) is 33.3 Å². The molecule has 1 aliphatic heterocycles. The zero-order valence-corrected chi connectivity index (χ0v) is 15.1. The minimum absolute atomic E-state index is 0.795. The van der Waals surface area contributed by atoms with Crippen LogP contribution in [0.15, 0.2) is 79.3 Å². The van der Waals surface area contributed by atoms with Crippen LogP contribution in [0, 0.1) is 0 Å². The molecular weight excluding hydrogens is 344 g/mol. The molecule has 1 aliphatic rings. The van der Waals surface area contributed by atoms with Gasteiger partial charge in [0.1, 0.15) is 0 Å². The van der Waals surface area contributed by atoms with E-state index < -0.39 is 0 Å². The summed E-state index contributed by atoms with van der Waals surface area (Å²) in [6.07, 6.45) is 9.97. The van der Waals surface area contributed by atoms with Gasteiger partial charge in [-0.2, -0.15) is 0 Å². The Morgan fingerprint density at radius 2 is 1.61 bits per heavy atom. The highest BCUT2D eigenvalue weighted by molar-refractivity contribution is 6.12. The van der Waals surface area contributed by atoms with Crippen LogP contribution in [0.1, 0.15) is 5.56 Å². The van der Waals surface area contributed by atoms with E-state index in [1.54, 1.807) is 0 Å². The number of rotatable bonds is 1. The summed E-state index contributed by atoms with van der Waals surface area (Å²) >= 11 is 0. The van der Waals surface area contributed by atoms with E-state index in [2.05, 4.69) is 74.5 Å². The smallest absolute Gasteiger partial charge is 0.0817 e. The molecule has 2 aromatic carbocycles. The Hall–Kier alpha value is -3.79. The molecule has 6 rings (SSSR count). The van der Waals surface area contributed by atoms with Crippen LogP contribution in [-0.2, 0) is 0 Å². The van der Waals surface area contributed by atoms with Crippen LogP contribution in [-0.4, -0.2) is 21.5 Å². The number of hydrogen-bond donors (Lipinski definition) is 0. The number of pyridine rings is 3. The molecule has 0 bridgehead atoms. The maximum Gasteiger partial charge on any atom is 0.0817 e. The van der Waals surface area contributed by atoms with Crippen molar-refractivity contribution in [3.63, 3.8) is 0 Å². The minimum atomic E-state index is 0.795. The topological polar surface area (TPSA) is 41.9 Å². The van der Waals surface area contributed by atoms with Gasteiger partial charge in [0.15, 0.2) is 0 Å². The van der Waals surface area contributed by atoms with Gasteiger partial charge in [-0.15, -0.1) is 0 Å². The summed E-state index contributed by atoms with van der Waals surface area (Å²) in [6, 6.07) is 18.7. The summed E-state index contributed by atoms with van der Waals surface area (Å²) < 4.78 is 0. The summed E-state index contributed by atoms with van der Waals surface area (Å²) in [5.41, 5.74) is 6.45. The second-order valence-electron chi connectivity index (χ2n) is 6.95. The maximum atomic E-state index is 4.69. The highest BCUT2D eigenvalue weighted by Gasteiger charge is 2.21. The van der Waals surface area contributed by atoms with Gasteiger partial charge >= 0.3 is 0 Å². The van der Waals surface area contributed by atoms with Crippen molar-refractivity contribution in [1.82, 2.24) is 15.0 Å². The third-order valence-electron chi connectivity index (χ3n) is 5.39. The van der Waals surface area contributed by atoms with E-state index in [9.17, 15) is 0 Å². The number of fused-ring (bicyclic) bond motifs is 6. The van der Waals surface area contributed by atoms with Crippen molar-refractivity contribution in [2.24, 2.45) is 0 Å². The number of benzene rings is 2. The molecule has 0 saturated heterocycles. The van der Waals surface area contributed by atoms with E-state index >= 15 is 0 Å². The second kappa shape index (κ2) is 5.86. The first-order valence-corrected chi connectivity index (χ1v) is 9.34. The Morgan fingerprint density at radius 3 is 2.61 bits per heavy atom. The van der Waals surface area contributed by atoms with Crippen molar-refractivity contribution in [3.8, 4) is 0 Å². The molecule has 4 nitrogen and oxygen atoms in total. The Labute approximate surface area is 161 Å². The lowest BCUT2D eigenvalue weighted by Crippen LogP contribution is -2.21. The molecule has 0 saturated carbocycles. The van der Waals surface area contributed by atoms with Crippen molar-refractivity contribution < 1.29 is 0 Å². The molecule has 0 fully saturated rings. The molecule has 132 valence electrons. The summed E-state index contributed by atoms with van der Waals surface area (Å²) in [7, 11) is 0. The molecule has 5 aromatic rings. The Kier molecular flexibility index (Phi) is 3.20. The van der Waals surface area contributed by atoms with Gasteiger partial charge in [-0.05, 0) is 42.0 Å². The number of aromatic nitrogens is 3. The zero-order valence-electron chi connectivity index (χ0n) is 15.1. The molecule has 4 heterocycles. The Balaban J connectivity index is 1.72. The van der Waals surface area contributed by atoms with Crippen LogP contribution in [0.4, 0.5) is 11.4 Å². The molecule has 0 spiro atoms. The SMILES string of the molecule is C1=Cc2ccc3ncccc3c2N(c2ccnc3ccc4cccnc4c23)C1. The fraction of sp³-hybridized carbons (Fsp3) is 0.0417. The van der Waals surface area contributed by atoms with Crippen molar-refractivity contribution >= 4 is 50.2 Å². The molecule has 0 amide bonds. The molecule has 0 unspecified atom stereocenters. The molecule has 0 atom stereocenters. The van der Waals surface area contributed by atoms with Crippen molar-refractivity contribution in [2.45, 2.75) is 0 Å². The van der Waals surface area contributed by atoms with Crippen molar-refractivity contribution in [3.05, 3.63) is 84.8 Å². The normalized spacial score (nSPS) is 13.4. The molecular formula is C24H16N4. The number of nitrogens with zero attached hydrogens (tertiary/aromatic N) is 4. The summed E-state index contributed by atoms with van der Waals surface area (Å²) in [5, 5.41) is 3.36. The van der Waals surface area contributed by atoms with Crippen LogP contribution in [0.3, 0.4) is 0 Å². The van der Waals surface area contributed by atoms with Crippen molar-refractivity contribution in [1.29, 1.82) is 0 Å². The van der Waals surface area contributed by atoms with Crippen LogP contribution in [0.2, 0.25) is 0 Å². The summed E-state index contributed by atoms with van der Waals surface area (Å²) in [4.78, 5) is 16.2. The minimum Gasteiger partial charge on any atom is -0.336 e. The fourth-order valence-corrected chi connectivity index (χ4v) is 4.18. The second-order valence-corrected chi connectivity index (χ2v) is 6.95. The molecule has 0 N–H and O–H groups in total. The molecule has 28 heavy (non-hydrogen) atoms. The van der Waals surface area contributed by atoms with E-state index in [0.717, 1.165) is 44.9 Å². The average molecular weight is 360 g/mol. The van der Waals surface area contributed by atoms with E-state index in [0.29, 0.717) is 0 Å². The van der Waals surface area contributed by atoms with Gasteiger partial charge in [0.2, 0.25) is 0 Å². The number of anilines is 2. The van der Waals surface area contributed by atoms with Crippen LogP contribution in [0.5, 0.6) is 0 Å². The maximum absolute atomic E-state index is 4.69. The predicted molar refractivity (Wildman–Crippen MR) is 115 cm³/mol. The average Bonchev–Trinajstić information content (AvgIpc) is 2.78. The molecule has 4 heteroatoms. The largest absolute Gasteiger partial charge is 0.336 e. The first-order valence-electron chi connectivity index (χ1n) is 9.34. The van der Waals surface area contributed by atoms with Crippen LogP contribution < -0.4 is 4.90 Å². The predicted octanol–water partition coefficient (Wildman–Crippen LogP) is 5.50. The van der Waals surface area contributed by atoms with Gasteiger partial charge in [-0.25, -0.2) is 0 Å². The van der Waals surface area contributed by atoms with Gasteiger partial charge < -0.3 is 4.90 Å². The van der Waals surface area contributed by atoms with E-state index in [4.69, 9.17) is 0 Å². The van der Waals surface area contributed by atoms with Gasteiger partial charge in [0.25, 0.3) is 0 Å². The zero-order chi connectivity index (χ0) is 18.5. The fourth-order valence-electron chi connectivity index (χ4n) is 4.18. The Bertz CT molecular complexity index is 1400. The first kappa shape index (κ1) is 15.3. The van der Waals surface area contributed by atoms with E-state index in [1.807, 2.05) is 30.7 Å². The lowest BCUT2D eigenvalue weighted by Gasteiger charge is -2.30. The third-order valence-corrected chi connectivity index (χ3v) is 5.39. The van der Waals surface area contributed by atoms with Crippen molar-refractivity contribution in [2.75, 3.05) is 11.4 Å². The van der Waals surface area contributed by atoms with Gasteiger partial charge in [-0.1, -0.05) is 30.4 Å². The third kappa shape index (κ3) is 2.15. The summed E-state index contributed by atoms with van der Waals surface area (Å²) in [6.45, 7) is 0.795. The van der Waals surface area contributed by atoms with Gasteiger partial charge in [0, 0.05) is 35.9 Å². The first-order chi connectivity index (χ1) is 13.9. The molecule has 0 aliphatic carbocycles. The number of hydrogen-bond acceptors (Lipinski definition) is 4.